The fraction of sp³-hybridized carbons (Fsp3) is 0.543. The van der Waals surface area contributed by atoms with Crippen LogP contribution in [0.15, 0.2) is 155 Å². The number of likely N-dealkylation sites (tertiary alicyclic amines) is 3. The highest BCUT2D eigenvalue weighted by atomic mass is 32.2. The number of benzene rings is 6. The molecule has 2 saturated carbocycles. The number of nitrogens with zero attached hydrogens (tertiary/aromatic N) is 3. The quantitative estimate of drug-likeness (QED) is 0.0185. The van der Waals surface area contributed by atoms with Crippen LogP contribution in [0.2, 0.25) is 0 Å². The van der Waals surface area contributed by atoms with Crippen molar-refractivity contribution in [1.82, 2.24) is 34.8 Å². The molecule has 4 unspecified atom stereocenters. The average molecular weight is 2040 g/mol. The van der Waals surface area contributed by atoms with Crippen LogP contribution in [0.3, 0.4) is 0 Å². The summed E-state index contributed by atoms with van der Waals surface area (Å²) in [6, 6.07) is 11.1. The second kappa shape index (κ2) is 50.4. The summed E-state index contributed by atoms with van der Waals surface area (Å²) in [6.45, 7) is 13.0. The molecule has 0 aromatic heterocycles. The molecule has 3 aliphatic heterocycles. The van der Waals surface area contributed by atoms with Crippen molar-refractivity contribution in [3.05, 3.63) is 190 Å². The minimum Gasteiger partial charge on any atom is -0.493 e. The number of ether oxygens (including phenoxy) is 4. The lowest BCUT2D eigenvalue weighted by Gasteiger charge is -2.36. The molecule has 5 amide bonds. The molecule has 5 aliphatic rings. The SMILES string of the molecule is C.CC(C)(C)OC(=O)NC1CCN(C(=O)C(N)C(F)(F)c2ccc(C(F)(F)F)cc2)CC1.CC(C)(C)OC(=O)NC1CCN(C(=O)C(NS(=O)(=O)c2ccc(OCC3CCCCC3)cc2)C(F)(F)c2ccc(C(F)(F)F)cc2)CC1.Cc1ccc(C(F)(F)C(N)C(=O)O)cc1.NC1CCN(C(=O)C(NS(=O)(=O)c2ccc(OCC3CCCCC3)cc2)C(F)(F)c2ccc(C(F)(F)F)cc2)CC1.[B]B([B])[BH3-]. The van der Waals surface area contributed by atoms with E-state index >= 15 is 17.6 Å². The number of aryl methyl sites for hydroxylation is 1. The lowest BCUT2D eigenvalue weighted by molar-refractivity contribution is -0.150. The maximum atomic E-state index is 16.1. The zero-order valence-corrected chi connectivity index (χ0v) is 78.4. The van der Waals surface area contributed by atoms with E-state index in [9.17, 15) is 103 Å². The van der Waals surface area contributed by atoms with E-state index in [4.69, 9.17) is 56.7 Å². The van der Waals surface area contributed by atoms with Gasteiger partial charge in [-0.15, -0.1) is 6.39 Å². The Kier molecular flexibility index (Phi) is 42.7. The number of amides is 5. The van der Waals surface area contributed by atoms with Gasteiger partial charge in [-0.05, 0) is 225 Å². The maximum absolute atomic E-state index is 16.1. The number of nitrogens with two attached hydrogens (primary N) is 3. The molecule has 140 heavy (non-hydrogen) atoms. The van der Waals surface area contributed by atoms with Gasteiger partial charge in [-0.2, -0.15) is 84.1 Å². The first kappa shape index (κ1) is 119. The maximum Gasteiger partial charge on any atom is 0.416 e. The van der Waals surface area contributed by atoms with Crippen LogP contribution in [0.1, 0.15) is 196 Å². The molecule has 0 bridgehead atoms. The number of aliphatic carboxylic acids is 1. The molecule has 11 rings (SSSR count). The van der Waals surface area contributed by atoms with Gasteiger partial charge >= 0.3 is 36.7 Å². The second-order valence-corrected chi connectivity index (χ2v) is 39.3. The number of alkyl halides is 17. The van der Waals surface area contributed by atoms with Gasteiger partial charge in [-0.25, -0.2) is 26.4 Å². The lowest BCUT2D eigenvalue weighted by atomic mass is 9.08. The van der Waals surface area contributed by atoms with Gasteiger partial charge in [0.2, 0.25) is 37.8 Å². The Morgan fingerprint density at radius 2 is 0.671 bits per heavy atom. The minimum atomic E-state index is -4.80. The number of piperidine rings is 3. The van der Waals surface area contributed by atoms with Crippen LogP contribution >= 0.6 is 0 Å². The van der Waals surface area contributed by atoms with Crippen molar-refractivity contribution in [2.75, 3.05) is 52.5 Å². The van der Waals surface area contributed by atoms with Crippen LogP contribution in [0, 0.1) is 18.8 Å². The van der Waals surface area contributed by atoms with Crippen molar-refractivity contribution >= 4 is 85.5 Å². The van der Waals surface area contributed by atoms with Gasteiger partial charge < -0.3 is 66.6 Å². The zero-order valence-electron chi connectivity index (χ0n) is 76.7. The molecular formula is C92H120B4F17N10O15S2-. The number of sulfonamides is 2. The predicted molar refractivity (Wildman–Crippen MR) is 496 cm³/mol. The van der Waals surface area contributed by atoms with Crippen LogP contribution in [-0.4, -0.2) is 208 Å². The number of carbonyl (C=O) groups is 6. The molecule has 25 nitrogen and oxygen atoms in total. The van der Waals surface area contributed by atoms with Crippen LogP contribution < -0.4 is 46.8 Å². The topological polar surface area (TPSA) is 364 Å². The van der Waals surface area contributed by atoms with Crippen LogP contribution in [-0.2, 0) is 90.9 Å². The Balaban J connectivity index is 0.000000297. The molecule has 3 heterocycles. The lowest BCUT2D eigenvalue weighted by Crippen LogP contribution is -2.58. The molecule has 0 spiro atoms. The number of halogens is 17. The normalized spacial score (nSPS) is 17.1. The summed E-state index contributed by atoms with van der Waals surface area (Å²) in [4.78, 5) is 76.4. The van der Waals surface area contributed by atoms with Gasteiger partial charge in [0.15, 0.2) is 24.2 Å². The first-order valence-corrected chi connectivity index (χ1v) is 47.2. The van der Waals surface area contributed by atoms with E-state index in [-0.39, 0.29) is 96.2 Å². The van der Waals surface area contributed by atoms with E-state index in [2.05, 4.69) is 10.6 Å². The highest BCUT2D eigenvalue weighted by Gasteiger charge is 2.54. The standard InChI is InChI=1S/C33H42F5N3O6S.C28H34F5N3O4S.C20H26F5N3O3.C10H11F2NO2.CH4.B4H3/c1-31(2,3)47-30(43)39-25-17-19-41(20-18-25)29(42)28(32(34,35)23-9-11-24(12-10-23)33(36,37)38)40-48(44,45)27-15-13-26(14-16-27)46-21-22-7-5-4-6-8-22;29-27(30,20-6-8-21(9-7-20)28(31,32)33)25(26(37)36-16-14-22(34)15-17-36)35-41(38,39)24-12-10-23(11-13-24)40-18-19-4-2-1-3-5-19;1-18(2,3)31-17(30)27-14-8-10-28(11-9-14)16(29)15(26)19(21,22)12-4-6-13(7-5-12)20(23,24)25;1-6-2-4-7(5-3-6)10(11,12)8(13)9(14)15;;1-4(2)3/h9-16,22,25,28,40H,4-8,17-21H2,1-3H3,(H,39,43);6-13,19,22,25,35H,1-5,14-18,34H2;4-7,14-15H,8-11,26H2,1-3H3,(H,27,30);2-5,8H,13H2,1H3,(H,14,15);1H4;1H3/q;;;;;-1. The Labute approximate surface area is 807 Å². The van der Waals surface area contributed by atoms with Gasteiger partial charge in [0, 0.05) is 79.6 Å². The average Bonchev–Trinajstić information content (AvgIpc) is 0.773. The Bertz CT molecular complexity index is 5200. The van der Waals surface area contributed by atoms with E-state index in [0.717, 1.165) is 71.6 Å². The third kappa shape index (κ3) is 35.9. The highest BCUT2D eigenvalue weighted by molar-refractivity contribution is 7.89. The summed E-state index contributed by atoms with van der Waals surface area (Å²) in [7, 11) is 0.835. The summed E-state index contributed by atoms with van der Waals surface area (Å²) in [6.07, 6.45) is -2.70. The molecule has 11 N–H and O–H groups in total. The third-order valence-corrected chi connectivity index (χ3v) is 25.8. The molecule has 5 fully saturated rings. The molecule has 2 aliphatic carbocycles. The van der Waals surface area contributed by atoms with E-state index in [1.165, 1.54) is 85.6 Å². The number of nitrogens with one attached hydrogen (secondary N) is 4. The minimum absolute atomic E-state index is 0. The van der Waals surface area contributed by atoms with Crippen LogP contribution in [0.4, 0.5) is 84.2 Å². The van der Waals surface area contributed by atoms with Crippen LogP contribution in [0.5, 0.6) is 11.5 Å². The van der Waals surface area contributed by atoms with Gasteiger partial charge in [0.05, 0.1) is 39.7 Å². The van der Waals surface area contributed by atoms with Gasteiger partial charge in [-0.3, -0.25) is 19.2 Å². The van der Waals surface area contributed by atoms with Gasteiger partial charge in [-0.1, -0.05) is 120 Å². The van der Waals surface area contributed by atoms with Gasteiger partial charge in [0.25, 0.3) is 23.7 Å². The van der Waals surface area contributed by atoms with Crippen molar-refractivity contribution in [3.8, 4) is 11.5 Å². The summed E-state index contributed by atoms with van der Waals surface area (Å²) in [5, 5.41) is 13.8. The molecule has 6 aromatic carbocycles. The number of alkyl carbamates (subject to hydrolysis) is 2. The monoisotopic (exact) mass is 2040 g/mol. The van der Waals surface area contributed by atoms with E-state index in [1.54, 1.807) is 48.5 Å². The third-order valence-electron chi connectivity index (χ3n) is 22.9. The number of hydrogen-bond acceptors (Lipinski definition) is 17. The summed E-state index contributed by atoms with van der Waals surface area (Å²) < 4.78 is 315. The smallest absolute Gasteiger partial charge is 0.416 e. The van der Waals surface area contributed by atoms with Gasteiger partial charge in [0.1, 0.15) is 22.7 Å². The van der Waals surface area contributed by atoms with Crippen molar-refractivity contribution < 1.29 is 144 Å². The number of rotatable bonds is 26. The predicted octanol–water partition coefficient (Wildman–Crippen LogP) is 15.1. The second-order valence-electron chi connectivity index (χ2n) is 35.9. The first-order valence-electron chi connectivity index (χ1n) is 44.2. The number of hydrogen-bond donors (Lipinski definition) is 8. The Morgan fingerprint density at radius 3 is 0.950 bits per heavy atom. The molecule has 4 atom stereocenters. The molecule has 772 valence electrons. The number of carbonyl (C=O) groups excluding carboxylic acids is 5. The molecule has 48 heteroatoms. The summed E-state index contributed by atoms with van der Waals surface area (Å²) >= 11 is 0. The number of carboxylic acids is 1. The van der Waals surface area contributed by atoms with E-state index < -0.39 is 178 Å². The molecule has 6 aromatic rings. The molecule has 3 saturated heterocycles. The Hall–Kier alpha value is -9.89. The van der Waals surface area contributed by atoms with Crippen molar-refractivity contribution in [1.29, 1.82) is 0 Å². The van der Waals surface area contributed by atoms with Crippen molar-refractivity contribution in [2.24, 2.45) is 29.0 Å². The summed E-state index contributed by atoms with van der Waals surface area (Å²) in [5.74, 6) is -19.4. The van der Waals surface area contributed by atoms with Crippen molar-refractivity contribution in [2.45, 2.75) is 264 Å². The molecule has 4 radical (unpaired) electrons. The first-order chi connectivity index (χ1) is 64.3. The van der Waals surface area contributed by atoms with E-state index in [0.29, 0.717) is 135 Å². The van der Waals surface area contributed by atoms with E-state index in [1.807, 2.05) is 9.44 Å². The fourth-order valence-corrected chi connectivity index (χ4v) is 17.5. The largest absolute Gasteiger partial charge is 0.493 e. The molecular weight excluding hydrogens is 1920 g/mol. The fourth-order valence-electron chi connectivity index (χ4n) is 15.1. The highest BCUT2D eigenvalue weighted by Crippen LogP contribution is 2.42. The van der Waals surface area contributed by atoms with Crippen LogP contribution in [0.25, 0.3) is 0 Å². The summed E-state index contributed by atoms with van der Waals surface area (Å²) in [5.41, 5.74) is 9.18. The van der Waals surface area contributed by atoms with Crippen molar-refractivity contribution in [3.63, 3.8) is 0 Å². The Morgan fingerprint density at radius 1 is 0.414 bits per heavy atom. The number of carboxylic acid groups (broad SMARTS) is 1. The zero-order chi connectivity index (χ0) is 104.